The molecule has 1 aromatic heterocycles. The molecule has 1 heterocycles. The Labute approximate surface area is 126 Å². The summed E-state index contributed by atoms with van der Waals surface area (Å²) in [5, 5.41) is 12.3. The van der Waals surface area contributed by atoms with Gasteiger partial charge >= 0.3 is 0 Å². The molecule has 0 amide bonds. The van der Waals surface area contributed by atoms with Crippen molar-refractivity contribution < 1.29 is 4.42 Å². The van der Waals surface area contributed by atoms with E-state index in [1.165, 1.54) is 51.4 Å². The quantitative estimate of drug-likeness (QED) is 0.924. The zero-order valence-corrected chi connectivity index (χ0v) is 12.9. The van der Waals surface area contributed by atoms with Crippen LogP contribution in [0.1, 0.15) is 70.1 Å². The van der Waals surface area contributed by atoms with E-state index in [0.717, 1.165) is 30.2 Å². The normalized spacial score (nSPS) is 44.4. The van der Waals surface area contributed by atoms with Crippen molar-refractivity contribution in [1.29, 1.82) is 0 Å². The van der Waals surface area contributed by atoms with Crippen molar-refractivity contribution in [3.05, 3.63) is 11.8 Å². The van der Waals surface area contributed by atoms with Crippen molar-refractivity contribution >= 4 is 0 Å². The molecule has 5 saturated carbocycles. The van der Waals surface area contributed by atoms with Crippen LogP contribution in [0, 0.1) is 17.3 Å². The van der Waals surface area contributed by atoms with Crippen LogP contribution in [0.4, 0.5) is 0 Å². The van der Waals surface area contributed by atoms with Crippen LogP contribution in [-0.2, 0) is 12.0 Å². The van der Waals surface area contributed by atoms with Gasteiger partial charge < -0.3 is 9.73 Å². The number of aromatic nitrogens is 2. The Morgan fingerprint density at radius 1 is 1.14 bits per heavy atom. The summed E-state index contributed by atoms with van der Waals surface area (Å²) in [6.45, 7) is 3.24. The zero-order chi connectivity index (χ0) is 14.1. The number of nitrogens with zero attached hydrogens (tertiary/aromatic N) is 2. The van der Waals surface area contributed by atoms with Crippen molar-refractivity contribution in [3.63, 3.8) is 0 Å². The van der Waals surface area contributed by atoms with Crippen LogP contribution in [-0.4, -0.2) is 16.2 Å². The van der Waals surface area contributed by atoms with Crippen LogP contribution in [0.25, 0.3) is 0 Å². The van der Waals surface area contributed by atoms with Crippen molar-refractivity contribution in [2.24, 2.45) is 17.3 Å². The first-order valence-corrected chi connectivity index (χ1v) is 8.69. The summed E-state index contributed by atoms with van der Waals surface area (Å²) in [6.07, 6.45) is 10.7. The van der Waals surface area contributed by atoms with Crippen LogP contribution >= 0.6 is 0 Å². The summed E-state index contributed by atoms with van der Waals surface area (Å²) in [4.78, 5) is 0. The van der Waals surface area contributed by atoms with E-state index in [2.05, 4.69) is 22.4 Å². The second kappa shape index (κ2) is 4.09. The number of hydrogen-bond donors (Lipinski definition) is 1. The molecule has 0 radical (unpaired) electrons. The van der Waals surface area contributed by atoms with E-state index in [9.17, 15) is 0 Å². The van der Waals surface area contributed by atoms with Gasteiger partial charge in [0.15, 0.2) is 0 Å². The summed E-state index contributed by atoms with van der Waals surface area (Å²) < 4.78 is 6.11. The van der Waals surface area contributed by atoms with Gasteiger partial charge in [-0.1, -0.05) is 6.92 Å². The molecule has 0 aromatic carbocycles. The smallest absolute Gasteiger partial charge is 0.230 e. The average Bonchev–Trinajstić information content (AvgIpc) is 3.09. The Kier molecular flexibility index (Phi) is 2.46. The van der Waals surface area contributed by atoms with Crippen LogP contribution in [0.2, 0.25) is 0 Å². The third-order valence-electron chi connectivity index (χ3n) is 6.39. The Balaban J connectivity index is 1.41. The first kappa shape index (κ1) is 12.6. The summed E-state index contributed by atoms with van der Waals surface area (Å²) in [5.74, 6) is 3.54. The second-order valence-electron chi connectivity index (χ2n) is 8.71. The molecule has 4 nitrogen and oxygen atoms in total. The molecule has 0 spiro atoms. The molecule has 114 valence electrons. The van der Waals surface area contributed by atoms with Gasteiger partial charge in [0.25, 0.3) is 0 Å². The van der Waals surface area contributed by atoms with Crippen LogP contribution in [0.3, 0.4) is 0 Å². The minimum atomic E-state index is 0.212. The molecular weight excluding hydrogens is 262 g/mol. The first-order chi connectivity index (χ1) is 10.1. The van der Waals surface area contributed by atoms with E-state index in [4.69, 9.17) is 4.42 Å². The lowest BCUT2D eigenvalue weighted by Gasteiger charge is -2.60. The van der Waals surface area contributed by atoms with Gasteiger partial charge in [0.05, 0.1) is 6.54 Å². The van der Waals surface area contributed by atoms with Crippen LogP contribution in [0.15, 0.2) is 4.42 Å². The highest BCUT2D eigenvalue weighted by Crippen LogP contribution is 2.65. The average molecular weight is 287 g/mol. The molecule has 2 atom stereocenters. The number of hydrogen-bond acceptors (Lipinski definition) is 4. The van der Waals surface area contributed by atoms with E-state index in [1.54, 1.807) is 0 Å². The Morgan fingerprint density at radius 2 is 1.90 bits per heavy atom. The van der Waals surface area contributed by atoms with Crippen molar-refractivity contribution in [3.8, 4) is 0 Å². The maximum atomic E-state index is 6.11. The van der Waals surface area contributed by atoms with E-state index < -0.39 is 0 Å². The Bertz CT molecular complexity index is 548. The fraction of sp³-hybridized carbons (Fsp3) is 0.882. The maximum Gasteiger partial charge on any atom is 0.230 e. The molecule has 5 aliphatic carbocycles. The minimum Gasteiger partial charge on any atom is -0.423 e. The molecule has 0 saturated heterocycles. The van der Waals surface area contributed by atoms with Gasteiger partial charge in [-0.05, 0) is 68.6 Å². The van der Waals surface area contributed by atoms with Gasteiger partial charge in [-0.15, -0.1) is 10.2 Å². The van der Waals surface area contributed by atoms with Gasteiger partial charge in [0.2, 0.25) is 11.8 Å². The number of rotatable bonds is 4. The predicted octanol–water partition coefficient (Wildman–Crippen LogP) is 3.18. The molecular formula is C17H25N3O. The lowest BCUT2D eigenvalue weighted by atomic mass is 9.44. The molecule has 2 unspecified atom stereocenters. The molecule has 6 rings (SSSR count). The molecule has 1 N–H and O–H groups in total. The fourth-order valence-corrected chi connectivity index (χ4v) is 6.03. The second-order valence-corrected chi connectivity index (χ2v) is 8.71. The fourth-order valence-electron chi connectivity index (χ4n) is 6.03. The third kappa shape index (κ3) is 2.06. The lowest BCUT2D eigenvalue weighted by molar-refractivity contribution is -0.0712. The summed E-state index contributed by atoms with van der Waals surface area (Å²) in [7, 11) is 0. The maximum absolute atomic E-state index is 6.11. The third-order valence-corrected chi connectivity index (χ3v) is 6.39. The first-order valence-electron chi connectivity index (χ1n) is 8.69. The highest BCUT2D eigenvalue weighted by molar-refractivity contribution is 5.17. The van der Waals surface area contributed by atoms with Crippen molar-refractivity contribution in [2.75, 3.05) is 0 Å². The number of nitrogens with one attached hydrogen (secondary N) is 1. The molecule has 4 heteroatoms. The van der Waals surface area contributed by atoms with Crippen molar-refractivity contribution in [2.45, 2.75) is 76.3 Å². The highest BCUT2D eigenvalue weighted by Gasteiger charge is 2.58. The molecule has 4 bridgehead atoms. The largest absolute Gasteiger partial charge is 0.423 e. The SMILES string of the molecule is CC12CC3CC(C1)CC(c1nnc(CNC4CC4)o1)(C3)C2. The summed E-state index contributed by atoms with van der Waals surface area (Å²) in [6, 6.07) is 0.693. The van der Waals surface area contributed by atoms with Gasteiger partial charge in [-0.2, -0.15) is 0 Å². The van der Waals surface area contributed by atoms with Crippen LogP contribution in [0.5, 0.6) is 0 Å². The summed E-state index contributed by atoms with van der Waals surface area (Å²) >= 11 is 0. The predicted molar refractivity (Wildman–Crippen MR) is 78.6 cm³/mol. The summed E-state index contributed by atoms with van der Waals surface area (Å²) in [5.41, 5.74) is 0.745. The molecule has 0 aliphatic heterocycles. The standard InChI is InChI=1S/C17H25N3O/c1-16-5-11-4-12(6-16)8-17(7-11,10-16)15-20-19-14(21-15)9-18-13-2-3-13/h11-13,18H,2-10H2,1H3. The van der Waals surface area contributed by atoms with Crippen LogP contribution < -0.4 is 5.32 Å². The Morgan fingerprint density at radius 3 is 2.57 bits per heavy atom. The molecule has 1 aromatic rings. The highest BCUT2D eigenvalue weighted by atomic mass is 16.4. The van der Waals surface area contributed by atoms with Gasteiger partial charge in [-0.3, -0.25) is 0 Å². The van der Waals surface area contributed by atoms with Gasteiger partial charge in [0, 0.05) is 11.5 Å². The molecule has 21 heavy (non-hydrogen) atoms. The zero-order valence-electron chi connectivity index (χ0n) is 12.9. The van der Waals surface area contributed by atoms with Gasteiger partial charge in [-0.25, -0.2) is 0 Å². The minimum absolute atomic E-state index is 0.212. The van der Waals surface area contributed by atoms with E-state index in [0.29, 0.717) is 11.5 Å². The molecule has 5 fully saturated rings. The molecule has 5 aliphatic rings. The Hall–Kier alpha value is -0.900. The van der Waals surface area contributed by atoms with E-state index >= 15 is 0 Å². The monoisotopic (exact) mass is 287 g/mol. The topological polar surface area (TPSA) is 51.0 Å². The van der Waals surface area contributed by atoms with Gasteiger partial charge in [0.1, 0.15) is 0 Å². The van der Waals surface area contributed by atoms with E-state index in [1.807, 2.05) is 0 Å². The van der Waals surface area contributed by atoms with Crippen molar-refractivity contribution in [1.82, 2.24) is 15.5 Å². The lowest BCUT2D eigenvalue weighted by Crippen LogP contribution is -2.53. The van der Waals surface area contributed by atoms with E-state index in [-0.39, 0.29) is 5.41 Å².